The van der Waals surface area contributed by atoms with Crippen molar-refractivity contribution in [2.75, 3.05) is 0 Å². The fourth-order valence-corrected chi connectivity index (χ4v) is 2.87. The fourth-order valence-electron chi connectivity index (χ4n) is 2.17. The number of nitrogens with one attached hydrogen (secondary N) is 1. The molecule has 1 N–H and O–H groups in total. The number of hydrogen-bond donors (Lipinski definition) is 1. The third-order valence-electron chi connectivity index (χ3n) is 3.20. The van der Waals surface area contributed by atoms with Crippen LogP contribution in [0.3, 0.4) is 0 Å². The number of aromatic amines is 1. The molecule has 5 heteroatoms. The molecule has 0 aliphatic heterocycles. The van der Waals surface area contributed by atoms with Gasteiger partial charge < -0.3 is 0 Å². The van der Waals surface area contributed by atoms with Gasteiger partial charge in [-0.25, -0.2) is 9.89 Å². The SMILES string of the molecule is O=c1[nH]nc(Cc2ccccc2)n1CCc1cccs1. The molecule has 2 aromatic heterocycles. The molecular weight excluding hydrogens is 270 g/mol. The molecule has 1 aromatic carbocycles. The van der Waals surface area contributed by atoms with Crippen molar-refractivity contribution >= 4 is 11.3 Å². The van der Waals surface area contributed by atoms with Crippen LogP contribution >= 0.6 is 11.3 Å². The van der Waals surface area contributed by atoms with E-state index < -0.39 is 0 Å². The highest BCUT2D eigenvalue weighted by molar-refractivity contribution is 7.09. The summed E-state index contributed by atoms with van der Waals surface area (Å²) < 4.78 is 1.73. The van der Waals surface area contributed by atoms with Crippen LogP contribution in [0, 0.1) is 0 Å². The zero-order valence-electron chi connectivity index (χ0n) is 11.0. The minimum Gasteiger partial charge on any atom is -0.278 e. The second kappa shape index (κ2) is 5.88. The Labute approximate surface area is 120 Å². The van der Waals surface area contributed by atoms with E-state index in [1.807, 2.05) is 36.4 Å². The van der Waals surface area contributed by atoms with Crippen LogP contribution in [0.15, 0.2) is 52.6 Å². The van der Waals surface area contributed by atoms with Crippen LogP contribution in [0.1, 0.15) is 16.3 Å². The van der Waals surface area contributed by atoms with Gasteiger partial charge in [0.25, 0.3) is 0 Å². The molecule has 0 aliphatic rings. The predicted molar refractivity (Wildman–Crippen MR) is 80.1 cm³/mol. The standard InChI is InChI=1S/C15H15N3OS/c19-15-17-16-14(11-12-5-2-1-3-6-12)18(15)9-8-13-7-4-10-20-13/h1-7,10H,8-9,11H2,(H,17,19). The normalized spacial score (nSPS) is 10.8. The van der Waals surface area contributed by atoms with Gasteiger partial charge in [-0.1, -0.05) is 36.4 Å². The topological polar surface area (TPSA) is 50.7 Å². The Morgan fingerprint density at radius 2 is 2.00 bits per heavy atom. The average Bonchev–Trinajstić information content (AvgIpc) is 3.09. The maximum Gasteiger partial charge on any atom is 0.343 e. The summed E-state index contributed by atoms with van der Waals surface area (Å²) in [6.45, 7) is 0.665. The number of thiophene rings is 1. The molecule has 0 radical (unpaired) electrons. The zero-order valence-corrected chi connectivity index (χ0v) is 11.8. The highest BCUT2D eigenvalue weighted by Gasteiger charge is 2.09. The molecule has 0 spiro atoms. The van der Waals surface area contributed by atoms with E-state index in [1.54, 1.807) is 15.9 Å². The van der Waals surface area contributed by atoms with Gasteiger partial charge in [-0.05, 0) is 23.4 Å². The molecule has 2 heterocycles. The summed E-state index contributed by atoms with van der Waals surface area (Å²) in [5, 5.41) is 8.74. The van der Waals surface area contributed by atoms with Crippen molar-refractivity contribution in [3.8, 4) is 0 Å². The van der Waals surface area contributed by atoms with Gasteiger partial charge in [-0.2, -0.15) is 5.10 Å². The maximum atomic E-state index is 11.8. The van der Waals surface area contributed by atoms with Crippen molar-refractivity contribution in [1.82, 2.24) is 14.8 Å². The molecule has 0 saturated carbocycles. The summed E-state index contributed by atoms with van der Waals surface area (Å²) in [6, 6.07) is 14.2. The first-order valence-electron chi connectivity index (χ1n) is 6.53. The third-order valence-corrected chi connectivity index (χ3v) is 4.14. The number of aromatic nitrogens is 3. The van der Waals surface area contributed by atoms with Crippen LogP contribution in [0.4, 0.5) is 0 Å². The second-order valence-electron chi connectivity index (χ2n) is 4.59. The highest BCUT2D eigenvalue weighted by atomic mass is 32.1. The fraction of sp³-hybridized carbons (Fsp3) is 0.200. The van der Waals surface area contributed by atoms with Crippen LogP contribution in [0.5, 0.6) is 0 Å². The van der Waals surface area contributed by atoms with E-state index in [4.69, 9.17) is 0 Å². The first kappa shape index (κ1) is 12.9. The quantitative estimate of drug-likeness (QED) is 0.783. The largest absolute Gasteiger partial charge is 0.343 e. The van der Waals surface area contributed by atoms with Crippen LogP contribution < -0.4 is 5.69 Å². The highest BCUT2D eigenvalue weighted by Crippen LogP contribution is 2.11. The van der Waals surface area contributed by atoms with E-state index in [2.05, 4.69) is 21.6 Å². The molecule has 0 aliphatic carbocycles. The van der Waals surface area contributed by atoms with Gasteiger partial charge in [0.15, 0.2) is 0 Å². The third kappa shape index (κ3) is 2.88. The maximum absolute atomic E-state index is 11.8. The van der Waals surface area contributed by atoms with Crippen molar-refractivity contribution in [3.05, 3.63) is 74.6 Å². The van der Waals surface area contributed by atoms with Crippen molar-refractivity contribution in [2.45, 2.75) is 19.4 Å². The lowest BCUT2D eigenvalue weighted by molar-refractivity contribution is 0.645. The lowest BCUT2D eigenvalue weighted by Crippen LogP contribution is -2.20. The zero-order chi connectivity index (χ0) is 13.8. The number of H-pyrrole nitrogens is 1. The van der Waals surface area contributed by atoms with Gasteiger partial charge in [-0.15, -0.1) is 11.3 Å². The van der Waals surface area contributed by atoms with E-state index in [0.29, 0.717) is 13.0 Å². The van der Waals surface area contributed by atoms with Crippen molar-refractivity contribution in [1.29, 1.82) is 0 Å². The smallest absolute Gasteiger partial charge is 0.278 e. The van der Waals surface area contributed by atoms with E-state index in [1.165, 1.54) is 4.88 Å². The summed E-state index contributed by atoms with van der Waals surface area (Å²) in [6.07, 6.45) is 1.53. The Morgan fingerprint density at radius 3 is 2.75 bits per heavy atom. The monoisotopic (exact) mass is 285 g/mol. The van der Waals surface area contributed by atoms with Crippen molar-refractivity contribution in [2.24, 2.45) is 0 Å². The molecule has 0 saturated heterocycles. The summed E-state index contributed by atoms with van der Waals surface area (Å²) in [5.74, 6) is 0.790. The van der Waals surface area contributed by atoms with Gasteiger partial charge >= 0.3 is 5.69 Å². The lowest BCUT2D eigenvalue weighted by atomic mass is 10.1. The average molecular weight is 285 g/mol. The van der Waals surface area contributed by atoms with Crippen molar-refractivity contribution < 1.29 is 0 Å². The van der Waals surface area contributed by atoms with Crippen LogP contribution in [0.25, 0.3) is 0 Å². The van der Waals surface area contributed by atoms with Crippen molar-refractivity contribution in [3.63, 3.8) is 0 Å². The van der Waals surface area contributed by atoms with Gasteiger partial charge in [0.1, 0.15) is 5.82 Å². The minimum atomic E-state index is -0.132. The Kier molecular flexibility index (Phi) is 3.78. The van der Waals surface area contributed by atoms with E-state index in [9.17, 15) is 4.79 Å². The van der Waals surface area contributed by atoms with Gasteiger partial charge in [-0.3, -0.25) is 4.57 Å². The van der Waals surface area contributed by atoms with Gasteiger partial charge in [0.05, 0.1) is 0 Å². The molecule has 102 valence electrons. The molecule has 20 heavy (non-hydrogen) atoms. The predicted octanol–water partition coefficient (Wildman–Crippen LogP) is 2.47. The number of benzene rings is 1. The first-order chi connectivity index (χ1) is 9.83. The molecule has 0 atom stereocenters. The summed E-state index contributed by atoms with van der Waals surface area (Å²) in [5.41, 5.74) is 1.02. The second-order valence-corrected chi connectivity index (χ2v) is 5.62. The molecule has 3 aromatic rings. The minimum absolute atomic E-state index is 0.132. The van der Waals surface area contributed by atoms with Crippen LogP contribution in [0.2, 0.25) is 0 Å². The Hall–Kier alpha value is -2.14. The Morgan fingerprint density at radius 1 is 1.15 bits per heavy atom. The Balaban J connectivity index is 1.77. The summed E-state index contributed by atoms with van der Waals surface area (Å²) in [4.78, 5) is 13.1. The number of rotatable bonds is 5. The molecule has 4 nitrogen and oxygen atoms in total. The summed E-state index contributed by atoms with van der Waals surface area (Å²) in [7, 11) is 0. The van der Waals surface area contributed by atoms with E-state index >= 15 is 0 Å². The molecule has 0 bridgehead atoms. The van der Waals surface area contributed by atoms with Crippen LogP contribution in [-0.2, 0) is 19.4 Å². The number of hydrogen-bond acceptors (Lipinski definition) is 3. The summed E-state index contributed by atoms with van der Waals surface area (Å²) >= 11 is 1.71. The lowest BCUT2D eigenvalue weighted by Gasteiger charge is -2.05. The van der Waals surface area contributed by atoms with Crippen LogP contribution in [-0.4, -0.2) is 14.8 Å². The van der Waals surface area contributed by atoms with E-state index in [0.717, 1.165) is 17.8 Å². The molecular formula is C15H15N3OS. The Bertz CT molecular complexity index is 713. The van der Waals surface area contributed by atoms with E-state index in [-0.39, 0.29) is 5.69 Å². The van der Waals surface area contributed by atoms with Gasteiger partial charge in [0.2, 0.25) is 0 Å². The first-order valence-corrected chi connectivity index (χ1v) is 7.41. The van der Waals surface area contributed by atoms with Gasteiger partial charge in [0, 0.05) is 17.8 Å². The number of nitrogens with zero attached hydrogens (tertiary/aromatic N) is 2. The molecule has 0 unspecified atom stereocenters. The number of aryl methyl sites for hydroxylation is 1. The molecule has 3 rings (SSSR count). The molecule has 0 amide bonds. The molecule has 0 fully saturated rings.